The monoisotopic (exact) mass is 277 g/mol. The van der Waals surface area contributed by atoms with Crippen LogP contribution in [0.4, 0.5) is 0 Å². The molecule has 1 N–H and O–H groups in total. The first kappa shape index (κ1) is 11.1. The van der Waals surface area contributed by atoms with Gasteiger partial charge in [0.15, 0.2) is 0 Å². The molecule has 1 heterocycles. The maximum Gasteiger partial charge on any atom is 0.123 e. The first-order valence-electron chi connectivity index (χ1n) is 5.15. The Morgan fingerprint density at radius 1 is 1.25 bits per heavy atom. The van der Waals surface area contributed by atoms with Gasteiger partial charge in [-0.15, -0.1) is 0 Å². The van der Waals surface area contributed by atoms with E-state index in [0.29, 0.717) is 0 Å². The van der Waals surface area contributed by atoms with Gasteiger partial charge in [-0.25, -0.2) is 0 Å². The lowest BCUT2D eigenvalue weighted by atomic mass is 10.0. The molecule has 0 aliphatic carbocycles. The number of phenolic OH excluding ortho intramolecular Hbond substituents is 1. The summed E-state index contributed by atoms with van der Waals surface area (Å²) in [7, 11) is 0. The van der Waals surface area contributed by atoms with Gasteiger partial charge in [0, 0.05) is 27.5 Å². The minimum Gasteiger partial charge on any atom is -0.507 e. The Morgan fingerprint density at radius 2 is 2.06 bits per heavy atom. The number of rotatable bonds is 2. The highest BCUT2D eigenvalue weighted by Crippen LogP contribution is 2.33. The van der Waals surface area contributed by atoms with E-state index >= 15 is 0 Å². The maximum absolute atomic E-state index is 9.86. The molecule has 2 rings (SSSR count). The summed E-state index contributed by atoms with van der Waals surface area (Å²) in [5, 5.41) is 9.86. The molecule has 3 heteroatoms. The van der Waals surface area contributed by atoms with Gasteiger partial charge < -0.3 is 5.11 Å². The second kappa shape index (κ2) is 4.66. The fraction of sp³-hybridized carbons (Fsp3) is 0.154. The summed E-state index contributed by atoms with van der Waals surface area (Å²) in [5.74, 6) is 0.283. The van der Waals surface area contributed by atoms with Gasteiger partial charge in [-0.05, 0) is 30.7 Å². The molecule has 0 spiro atoms. The number of pyridine rings is 1. The standard InChI is InChI=1S/C13H12BrNO/c1-2-12-10(4-3-7-15-12)11-8-9(14)5-6-13(11)16/h3-8,16H,2H2,1H3. The maximum atomic E-state index is 9.86. The van der Waals surface area contributed by atoms with E-state index < -0.39 is 0 Å². The van der Waals surface area contributed by atoms with Crippen LogP contribution in [0.25, 0.3) is 11.1 Å². The molecule has 82 valence electrons. The Morgan fingerprint density at radius 3 is 2.81 bits per heavy atom. The van der Waals surface area contributed by atoms with E-state index in [0.717, 1.165) is 27.7 Å². The predicted molar refractivity (Wildman–Crippen MR) is 68.4 cm³/mol. The van der Waals surface area contributed by atoms with Crippen LogP contribution in [-0.4, -0.2) is 10.1 Å². The number of aromatic nitrogens is 1. The van der Waals surface area contributed by atoms with Crippen molar-refractivity contribution in [2.45, 2.75) is 13.3 Å². The van der Waals surface area contributed by atoms with Gasteiger partial charge in [-0.1, -0.05) is 28.9 Å². The van der Waals surface area contributed by atoms with Crippen molar-refractivity contribution < 1.29 is 5.11 Å². The van der Waals surface area contributed by atoms with Crippen LogP contribution in [0, 0.1) is 0 Å². The molecule has 16 heavy (non-hydrogen) atoms. The summed E-state index contributed by atoms with van der Waals surface area (Å²) >= 11 is 3.41. The number of hydrogen-bond acceptors (Lipinski definition) is 2. The lowest BCUT2D eigenvalue weighted by Gasteiger charge is -2.09. The highest BCUT2D eigenvalue weighted by molar-refractivity contribution is 9.10. The lowest BCUT2D eigenvalue weighted by Crippen LogP contribution is -1.91. The molecule has 0 amide bonds. The first-order valence-corrected chi connectivity index (χ1v) is 5.94. The van der Waals surface area contributed by atoms with Gasteiger partial charge in [0.1, 0.15) is 5.75 Å². The summed E-state index contributed by atoms with van der Waals surface area (Å²) in [5.41, 5.74) is 2.80. The van der Waals surface area contributed by atoms with E-state index in [1.165, 1.54) is 0 Å². The average Bonchev–Trinajstić information content (AvgIpc) is 2.32. The van der Waals surface area contributed by atoms with Gasteiger partial charge in [0.05, 0.1) is 0 Å². The van der Waals surface area contributed by atoms with E-state index in [2.05, 4.69) is 27.8 Å². The molecule has 0 atom stereocenters. The molecule has 2 nitrogen and oxygen atoms in total. The average molecular weight is 278 g/mol. The zero-order valence-electron chi connectivity index (χ0n) is 8.94. The Balaban J connectivity index is 2.62. The topological polar surface area (TPSA) is 33.1 Å². The van der Waals surface area contributed by atoms with Crippen LogP contribution in [0.1, 0.15) is 12.6 Å². The molecule has 0 radical (unpaired) electrons. The lowest BCUT2D eigenvalue weighted by molar-refractivity contribution is 0.477. The Hall–Kier alpha value is -1.35. The summed E-state index contributed by atoms with van der Waals surface area (Å²) in [6.45, 7) is 2.06. The zero-order chi connectivity index (χ0) is 11.5. The van der Waals surface area contributed by atoms with Crippen LogP contribution < -0.4 is 0 Å². The highest BCUT2D eigenvalue weighted by atomic mass is 79.9. The molecule has 1 aromatic heterocycles. The van der Waals surface area contributed by atoms with Gasteiger partial charge in [0.25, 0.3) is 0 Å². The number of aryl methyl sites for hydroxylation is 1. The molecular weight excluding hydrogens is 266 g/mol. The summed E-state index contributed by atoms with van der Waals surface area (Å²) < 4.78 is 0.950. The van der Waals surface area contributed by atoms with Crippen molar-refractivity contribution in [2.75, 3.05) is 0 Å². The van der Waals surface area contributed by atoms with Crippen LogP contribution in [0.15, 0.2) is 41.0 Å². The second-order valence-electron chi connectivity index (χ2n) is 3.51. The van der Waals surface area contributed by atoms with Gasteiger partial charge in [-0.3, -0.25) is 4.98 Å². The quantitative estimate of drug-likeness (QED) is 0.906. The molecule has 0 fully saturated rings. The normalized spacial score (nSPS) is 10.4. The molecule has 2 aromatic rings. The molecule has 0 unspecified atom stereocenters. The number of hydrogen-bond donors (Lipinski definition) is 1. The first-order chi connectivity index (χ1) is 7.72. The minimum atomic E-state index is 0.283. The van der Waals surface area contributed by atoms with Crippen LogP contribution in [0.3, 0.4) is 0 Å². The van der Waals surface area contributed by atoms with Crippen molar-refractivity contribution >= 4 is 15.9 Å². The SMILES string of the molecule is CCc1ncccc1-c1cc(Br)ccc1O. The summed E-state index contributed by atoms with van der Waals surface area (Å²) in [6.07, 6.45) is 2.62. The number of halogens is 1. The van der Waals surface area contributed by atoms with Crippen LogP contribution >= 0.6 is 15.9 Å². The van der Waals surface area contributed by atoms with Crippen LogP contribution in [0.5, 0.6) is 5.75 Å². The number of aromatic hydroxyl groups is 1. The van der Waals surface area contributed by atoms with E-state index in [4.69, 9.17) is 0 Å². The molecular formula is C13H12BrNO. The Bertz CT molecular complexity index is 511. The van der Waals surface area contributed by atoms with Crippen molar-refractivity contribution in [3.8, 4) is 16.9 Å². The smallest absolute Gasteiger partial charge is 0.123 e. The molecule has 0 aliphatic heterocycles. The van der Waals surface area contributed by atoms with E-state index in [-0.39, 0.29) is 5.75 Å². The van der Waals surface area contributed by atoms with E-state index in [9.17, 15) is 5.11 Å². The zero-order valence-corrected chi connectivity index (χ0v) is 10.5. The van der Waals surface area contributed by atoms with Gasteiger partial charge in [-0.2, -0.15) is 0 Å². The van der Waals surface area contributed by atoms with Gasteiger partial charge >= 0.3 is 0 Å². The minimum absolute atomic E-state index is 0.283. The Labute approximate surface area is 103 Å². The fourth-order valence-corrected chi connectivity index (χ4v) is 2.05. The Kier molecular flexibility index (Phi) is 3.25. The van der Waals surface area contributed by atoms with Crippen LogP contribution in [0.2, 0.25) is 0 Å². The van der Waals surface area contributed by atoms with Crippen LogP contribution in [-0.2, 0) is 6.42 Å². The third kappa shape index (κ3) is 2.09. The molecule has 0 saturated carbocycles. The van der Waals surface area contributed by atoms with Crippen molar-refractivity contribution in [3.05, 3.63) is 46.7 Å². The second-order valence-corrected chi connectivity index (χ2v) is 4.43. The fourth-order valence-electron chi connectivity index (χ4n) is 1.69. The number of nitrogens with zero attached hydrogens (tertiary/aromatic N) is 1. The number of phenols is 1. The molecule has 0 bridgehead atoms. The molecule has 0 saturated heterocycles. The number of benzene rings is 1. The van der Waals surface area contributed by atoms with Crippen molar-refractivity contribution in [2.24, 2.45) is 0 Å². The third-order valence-electron chi connectivity index (χ3n) is 2.47. The predicted octanol–water partition coefficient (Wildman–Crippen LogP) is 3.78. The van der Waals surface area contributed by atoms with Crippen molar-refractivity contribution in [1.29, 1.82) is 0 Å². The summed E-state index contributed by atoms with van der Waals surface area (Å²) in [4.78, 5) is 4.32. The summed E-state index contributed by atoms with van der Waals surface area (Å²) in [6, 6.07) is 9.28. The van der Waals surface area contributed by atoms with Gasteiger partial charge in [0.2, 0.25) is 0 Å². The molecule has 1 aromatic carbocycles. The highest BCUT2D eigenvalue weighted by Gasteiger charge is 2.09. The van der Waals surface area contributed by atoms with E-state index in [1.54, 1.807) is 12.3 Å². The molecule has 0 aliphatic rings. The van der Waals surface area contributed by atoms with Crippen molar-refractivity contribution in [3.63, 3.8) is 0 Å². The third-order valence-corrected chi connectivity index (χ3v) is 2.97. The largest absolute Gasteiger partial charge is 0.507 e. The van der Waals surface area contributed by atoms with Crippen molar-refractivity contribution in [1.82, 2.24) is 4.98 Å². The van der Waals surface area contributed by atoms with E-state index in [1.807, 2.05) is 24.3 Å².